The summed E-state index contributed by atoms with van der Waals surface area (Å²) in [6.45, 7) is 8.26. The lowest BCUT2D eigenvalue weighted by atomic mass is 10.00. The van der Waals surface area contributed by atoms with Gasteiger partial charge in [0, 0.05) is 25.9 Å². The van der Waals surface area contributed by atoms with Crippen molar-refractivity contribution in [1.29, 1.82) is 0 Å². The average molecular weight is 326 g/mol. The van der Waals surface area contributed by atoms with E-state index >= 15 is 0 Å². The molecular weight excluding hydrogens is 300 g/mol. The Morgan fingerprint density at radius 3 is 2.18 bits per heavy atom. The summed E-state index contributed by atoms with van der Waals surface area (Å²) in [6.07, 6.45) is 1.17. The molecule has 1 aromatic carbocycles. The molecule has 0 radical (unpaired) electrons. The number of benzene rings is 1. The molecule has 0 aliphatic rings. The van der Waals surface area contributed by atoms with Crippen LogP contribution in [0.5, 0.6) is 0 Å². The van der Waals surface area contributed by atoms with Crippen LogP contribution in [0.15, 0.2) is 12.1 Å². The van der Waals surface area contributed by atoms with Crippen LogP contribution in [0.3, 0.4) is 0 Å². The Labute approximate surface area is 133 Å². The molecule has 0 aliphatic heterocycles. The molecule has 0 heterocycles. The number of hydrogen-bond acceptors (Lipinski definition) is 3. The number of aryl methyl sites for hydroxylation is 3. The number of sulfone groups is 1. The maximum atomic E-state index is 12.2. The van der Waals surface area contributed by atoms with E-state index in [1.807, 2.05) is 20.8 Å². The van der Waals surface area contributed by atoms with Crippen LogP contribution in [-0.4, -0.2) is 44.4 Å². The van der Waals surface area contributed by atoms with Crippen molar-refractivity contribution >= 4 is 15.9 Å². The third-order valence-corrected chi connectivity index (χ3v) is 4.87. The highest BCUT2D eigenvalue weighted by Gasteiger charge is 2.19. The van der Waals surface area contributed by atoms with Crippen LogP contribution in [0.1, 0.15) is 29.2 Å². The normalized spacial score (nSPS) is 12.8. The molecule has 22 heavy (non-hydrogen) atoms. The van der Waals surface area contributed by atoms with Crippen LogP contribution in [0.4, 0.5) is 4.79 Å². The summed E-state index contributed by atoms with van der Waals surface area (Å²) in [4.78, 5) is 13.6. The zero-order valence-corrected chi connectivity index (χ0v) is 15.0. The van der Waals surface area contributed by atoms with Gasteiger partial charge in [-0.25, -0.2) is 13.2 Å². The minimum Gasteiger partial charge on any atom is -0.334 e. The smallest absolute Gasteiger partial charge is 0.317 e. The molecule has 1 N–H and O–H groups in total. The largest absolute Gasteiger partial charge is 0.334 e. The number of carbonyl (C=O) groups is 1. The fourth-order valence-corrected chi connectivity index (χ4v) is 3.63. The molecule has 0 aliphatic carbocycles. The summed E-state index contributed by atoms with van der Waals surface area (Å²) in [7, 11) is -1.50. The van der Waals surface area contributed by atoms with Crippen LogP contribution in [0.2, 0.25) is 0 Å². The zero-order chi connectivity index (χ0) is 17.1. The molecule has 1 aromatic rings. The van der Waals surface area contributed by atoms with E-state index in [0.717, 1.165) is 16.7 Å². The van der Waals surface area contributed by atoms with Crippen LogP contribution < -0.4 is 5.32 Å². The lowest BCUT2D eigenvalue weighted by Gasteiger charge is -2.25. The first kappa shape index (κ1) is 18.5. The summed E-state index contributed by atoms with van der Waals surface area (Å²) in [5, 5.41) is 2.86. The predicted octanol–water partition coefficient (Wildman–Crippen LogP) is 2.19. The van der Waals surface area contributed by atoms with Crippen molar-refractivity contribution in [2.75, 3.05) is 19.1 Å². The second-order valence-electron chi connectivity index (χ2n) is 6.09. The van der Waals surface area contributed by atoms with E-state index in [0.29, 0.717) is 6.54 Å². The van der Waals surface area contributed by atoms with Gasteiger partial charge in [0.05, 0.1) is 5.75 Å². The first-order valence-electron chi connectivity index (χ1n) is 7.26. The molecule has 1 rings (SSSR count). The highest BCUT2D eigenvalue weighted by atomic mass is 32.2. The minimum absolute atomic E-state index is 0.0422. The molecule has 0 spiro atoms. The predicted molar refractivity (Wildman–Crippen MR) is 89.8 cm³/mol. The number of rotatable bonds is 5. The second-order valence-corrected chi connectivity index (χ2v) is 8.27. The SMILES string of the molecule is Cc1cc(C)c(CNC(=O)N(C)[C@H](C)CS(C)(=O)=O)c(C)c1. The van der Waals surface area contributed by atoms with Gasteiger partial charge in [-0.05, 0) is 44.4 Å². The molecular formula is C16H26N2O3S. The van der Waals surface area contributed by atoms with E-state index in [1.165, 1.54) is 16.7 Å². The lowest BCUT2D eigenvalue weighted by molar-refractivity contribution is 0.197. The van der Waals surface area contributed by atoms with Gasteiger partial charge in [0.2, 0.25) is 0 Å². The molecule has 0 unspecified atom stereocenters. The second kappa shape index (κ2) is 7.13. The van der Waals surface area contributed by atoms with Crippen LogP contribution in [0.25, 0.3) is 0 Å². The Bertz CT molecular complexity index is 630. The van der Waals surface area contributed by atoms with E-state index in [-0.39, 0.29) is 17.8 Å². The summed E-state index contributed by atoms with van der Waals surface area (Å²) < 4.78 is 22.6. The van der Waals surface area contributed by atoms with Crippen molar-refractivity contribution in [3.8, 4) is 0 Å². The molecule has 0 aromatic heterocycles. The molecule has 2 amide bonds. The fraction of sp³-hybridized carbons (Fsp3) is 0.562. The monoisotopic (exact) mass is 326 g/mol. The van der Waals surface area contributed by atoms with Crippen LogP contribution in [0, 0.1) is 20.8 Å². The number of carbonyl (C=O) groups excluding carboxylic acids is 1. The summed E-state index contributed by atoms with van der Waals surface area (Å²) in [5.41, 5.74) is 4.58. The number of nitrogens with zero attached hydrogens (tertiary/aromatic N) is 1. The van der Waals surface area contributed by atoms with Crippen LogP contribution in [-0.2, 0) is 16.4 Å². The molecule has 124 valence electrons. The van der Waals surface area contributed by atoms with Gasteiger partial charge in [0.15, 0.2) is 0 Å². The fourth-order valence-electron chi connectivity index (χ4n) is 2.53. The Balaban J connectivity index is 2.70. The van der Waals surface area contributed by atoms with Crippen molar-refractivity contribution in [2.24, 2.45) is 0 Å². The zero-order valence-electron chi connectivity index (χ0n) is 14.2. The number of amides is 2. The summed E-state index contributed by atoms with van der Waals surface area (Å²) >= 11 is 0. The van der Waals surface area contributed by atoms with Gasteiger partial charge in [-0.2, -0.15) is 0 Å². The van der Waals surface area contributed by atoms with Gasteiger partial charge in [-0.3, -0.25) is 0 Å². The van der Waals surface area contributed by atoms with Gasteiger partial charge in [-0.15, -0.1) is 0 Å². The topological polar surface area (TPSA) is 66.5 Å². The first-order valence-corrected chi connectivity index (χ1v) is 9.32. The highest BCUT2D eigenvalue weighted by molar-refractivity contribution is 7.90. The van der Waals surface area contributed by atoms with Crippen molar-refractivity contribution in [3.63, 3.8) is 0 Å². The summed E-state index contributed by atoms with van der Waals surface area (Å²) in [6, 6.07) is 3.54. The highest BCUT2D eigenvalue weighted by Crippen LogP contribution is 2.16. The first-order chi connectivity index (χ1) is 10.0. The van der Waals surface area contributed by atoms with Gasteiger partial charge >= 0.3 is 6.03 Å². The molecule has 0 fully saturated rings. The van der Waals surface area contributed by atoms with Crippen molar-refractivity contribution in [2.45, 2.75) is 40.3 Å². The standard InChI is InChI=1S/C16H26N2O3S/c1-11-7-12(2)15(13(3)8-11)9-17-16(19)18(5)14(4)10-22(6,20)21/h7-8,14H,9-10H2,1-6H3,(H,17,19)/t14-/m1/s1. The third-order valence-electron chi connectivity index (χ3n) is 3.78. The Morgan fingerprint density at radius 2 is 1.73 bits per heavy atom. The molecule has 5 nitrogen and oxygen atoms in total. The molecule has 1 atom stereocenters. The maximum absolute atomic E-state index is 12.2. The average Bonchev–Trinajstić information content (AvgIpc) is 2.34. The quantitative estimate of drug-likeness (QED) is 0.902. The number of urea groups is 1. The van der Waals surface area contributed by atoms with E-state index in [4.69, 9.17) is 0 Å². The molecule has 0 saturated heterocycles. The maximum Gasteiger partial charge on any atom is 0.317 e. The Kier molecular flexibility index (Phi) is 6.00. The van der Waals surface area contributed by atoms with E-state index < -0.39 is 9.84 Å². The van der Waals surface area contributed by atoms with Gasteiger partial charge in [0.25, 0.3) is 0 Å². The van der Waals surface area contributed by atoms with Crippen LogP contribution >= 0.6 is 0 Å². The Morgan fingerprint density at radius 1 is 1.23 bits per heavy atom. The van der Waals surface area contributed by atoms with Gasteiger partial charge in [-0.1, -0.05) is 17.7 Å². The van der Waals surface area contributed by atoms with Crippen molar-refractivity contribution in [1.82, 2.24) is 10.2 Å². The number of hydrogen-bond donors (Lipinski definition) is 1. The van der Waals surface area contributed by atoms with E-state index in [2.05, 4.69) is 17.4 Å². The van der Waals surface area contributed by atoms with E-state index in [9.17, 15) is 13.2 Å². The minimum atomic E-state index is -3.11. The van der Waals surface area contributed by atoms with Gasteiger partial charge in [0.1, 0.15) is 9.84 Å². The molecule has 0 bridgehead atoms. The summed E-state index contributed by atoms with van der Waals surface area (Å²) in [5.74, 6) is -0.0422. The van der Waals surface area contributed by atoms with Crippen molar-refractivity contribution in [3.05, 3.63) is 34.4 Å². The van der Waals surface area contributed by atoms with Gasteiger partial charge < -0.3 is 10.2 Å². The molecule has 6 heteroatoms. The number of nitrogens with one attached hydrogen (secondary N) is 1. The Hall–Kier alpha value is -1.56. The van der Waals surface area contributed by atoms with Crippen molar-refractivity contribution < 1.29 is 13.2 Å². The lowest BCUT2D eigenvalue weighted by Crippen LogP contribution is -2.44. The van der Waals surface area contributed by atoms with E-state index in [1.54, 1.807) is 14.0 Å². The third kappa shape index (κ3) is 5.33. The molecule has 0 saturated carbocycles.